The van der Waals surface area contributed by atoms with Crippen LogP contribution in [0.5, 0.6) is 0 Å². The molecule has 1 aliphatic rings. The molecule has 2 nitrogen and oxygen atoms in total. The van der Waals surface area contributed by atoms with Crippen LogP contribution in [0.2, 0.25) is 0 Å². The minimum absolute atomic E-state index is 0.118. The zero-order chi connectivity index (χ0) is 13.1. The lowest BCUT2D eigenvalue weighted by Crippen LogP contribution is -2.40. The highest BCUT2D eigenvalue weighted by molar-refractivity contribution is 9.10. The Labute approximate surface area is 119 Å². The third-order valence-corrected chi connectivity index (χ3v) is 4.30. The van der Waals surface area contributed by atoms with Gasteiger partial charge in [-0.05, 0) is 46.8 Å². The van der Waals surface area contributed by atoms with E-state index in [-0.39, 0.29) is 11.5 Å². The maximum Gasteiger partial charge on any atom is 0.257 e. The molecular weight excluding hydrogens is 321 g/mol. The molecule has 2 rings (SSSR count). The summed E-state index contributed by atoms with van der Waals surface area (Å²) >= 11 is 9.07. The van der Waals surface area contributed by atoms with Crippen LogP contribution < -0.4 is 0 Å². The molecule has 0 spiro atoms. The van der Waals surface area contributed by atoms with Crippen molar-refractivity contribution in [3.05, 3.63) is 34.1 Å². The molecule has 98 valence electrons. The normalized spacial score (nSPS) is 19.9. The quantitative estimate of drug-likeness (QED) is 0.756. The van der Waals surface area contributed by atoms with E-state index in [9.17, 15) is 9.18 Å². The second-order valence-corrected chi connectivity index (χ2v) is 5.67. The number of carbonyl (C=O) groups is 1. The second-order valence-electron chi connectivity index (χ2n) is 4.51. The summed E-state index contributed by atoms with van der Waals surface area (Å²) < 4.78 is 14.2. The molecule has 1 heterocycles. The summed E-state index contributed by atoms with van der Waals surface area (Å²) in [4.78, 5) is 14.0. The summed E-state index contributed by atoms with van der Waals surface area (Å²) in [5, 5.41) is 0. The van der Waals surface area contributed by atoms with Gasteiger partial charge in [-0.15, -0.1) is 11.6 Å². The molecular formula is C13H14BrClFNO. The summed E-state index contributed by atoms with van der Waals surface area (Å²) in [5.41, 5.74) is 0.118. The summed E-state index contributed by atoms with van der Waals surface area (Å²) in [7, 11) is 0. The second kappa shape index (κ2) is 6.02. The van der Waals surface area contributed by atoms with Gasteiger partial charge in [-0.3, -0.25) is 4.79 Å². The van der Waals surface area contributed by atoms with Crippen molar-refractivity contribution in [1.82, 2.24) is 4.90 Å². The SMILES string of the molecule is O=C(c1c(F)cccc1Br)N1CCCC(CCl)C1. The topological polar surface area (TPSA) is 20.3 Å². The van der Waals surface area contributed by atoms with Crippen LogP contribution in [0, 0.1) is 11.7 Å². The Hall–Kier alpha value is -0.610. The van der Waals surface area contributed by atoms with Gasteiger partial charge in [0.1, 0.15) is 5.82 Å². The van der Waals surface area contributed by atoms with Gasteiger partial charge in [-0.2, -0.15) is 0 Å². The Bertz CT molecular complexity index is 434. The molecule has 1 aromatic rings. The number of carbonyl (C=O) groups excluding carboxylic acids is 1. The molecule has 1 fully saturated rings. The van der Waals surface area contributed by atoms with Crippen LogP contribution in [-0.4, -0.2) is 29.8 Å². The Morgan fingerprint density at radius 1 is 1.56 bits per heavy atom. The van der Waals surface area contributed by atoms with E-state index >= 15 is 0 Å². The summed E-state index contributed by atoms with van der Waals surface area (Å²) in [6, 6.07) is 4.56. The molecule has 0 aliphatic carbocycles. The molecule has 1 unspecified atom stereocenters. The van der Waals surface area contributed by atoms with Crippen molar-refractivity contribution in [2.24, 2.45) is 5.92 Å². The fourth-order valence-corrected chi connectivity index (χ4v) is 3.00. The molecule has 1 aliphatic heterocycles. The third kappa shape index (κ3) is 2.86. The third-order valence-electron chi connectivity index (χ3n) is 3.20. The fourth-order valence-electron chi connectivity index (χ4n) is 2.24. The van der Waals surface area contributed by atoms with Crippen LogP contribution in [0.1, 0.15) is 23.2 Å². The van der Waals surface area contributed by atoms with Gasteiger partial charge in [0.25, 0.3) is 5.91 Å². The molecule has 1 amide bonds. The number of hydrogen-bond donors (Lipinski definition) is 0. The first kappa shape index (κ1) is 13.8. The average molecular weight is 335 g/mol. The standard InChI is InChI=1S/C13H14BrClFNO/c14-10-4-1-5-11(16)12(10)13(18)17-6-2-3-9(7-15)8-17/h1,4-5,9H,2-3,6-8H2. The molecule has 1 saturated heterocycles. The lowest BCUT2D eigenvalue weighted by Gasteiger charge is -2.32. The molecule has 1 aromatic carbocycles. The Morgan fingerprint density at radius 2 is 2.33 bits per heavy atom. The summed E-state index contributed by atoms with van der Waals surface area (Å²) in [6.07, 6.45) is 1.96. The van der Waals surface area contributed by atoms with Crippen molar-refractivity contribution < 1.29 is 9.18 Å². The molecule has 0 N–H and O–H groups in total. The monoisotopic (exact) mass is 333 g/mol. The number of nitrogens with zero attached hydrogens (tertiary/aromatic N) is 1. The fraction of sp³-hybridized carbons (Fsp3) is 0.462. The van der Waals surface area contributed by atoms with Gasteiger partial charge < -0.3 is 4.90 Å². The van der Waals surface area contributed by atoms with E-state index in [0.29, 0.717) is 29.4 Å². The van der Waals surface area contributed by atoms with Gasteiger partial charge in [0.15, 0.2) is 0 Å². The Balaban J connectivity index is 2.20. The van der Waals surface area contributed by atoms with E-state index in [2.05, 4.69) is 15.9 Å². The summed E-state index contributed by atoms with van der Waals surface area (Å²) in [6.45, 7) is 1.29. The van der Waals surface area contributed by atoms with E-state index in [4.69, 9.17) is 11.6 Å². The van der Waals surface area contributed by atoms with Crippen molar-refractivity contribution in [2.75, 3.05) is 19.0 Å². The highest BCUT2D eigenvalue weighted by atomic mass is 79.9. The van der Waals surface area contributed by atoms with Gasteiger partial charge in [0, 0.05) is 23.4 Å². The highest BCUT2D eigenvalue weighted by Crippen LogP contribution is 2.24. The predicted octanol–water partition coefficient (Wildman–Crippen LogP) is 3.68. The van der Waals surface area contributed by atoms with Gasteiger partial charge >= 0.3 is 0 Å². The van der Waals surface area contributed by atoms with Gasteiger partial charge in [-0.1, -0.05) is 6.07 Å². The van der Waals surface area contributed by atoms with Crippen molar-refractivity contribution in [2.45, 2.75) is 12.8 Å². The number of benzene rings is 1. The highest BCUT2D eigenvalue weighted by Gasteiger charge is 2.26. The maximum absolute atomic E-state index is 13.7. The average Bonchev–Trinajstić information content (AvgIpc) is 2.38. The van der Waals surface area contributed by atoms with Gasteiger partial charge in [-0.25, -0.2) is 4.39 Å². The minimum atomic E-state index is -0.484. The Morgan fingerprint density at radius 3 is 3.00 bits per heavy atom. The van der Waals surface area contributed by atoms with Crippen molar-refractivity contribution in [3.8, 4) is 0 Å². The lowest BCUT2D eigenvalue weighted by molar-refractivity contribution is 0.0679. The molecule has 0 saturated carbocycles. The van der Waals surface area contributed by atoms with Crippen LogP contribution in [0.15, 0.2) is 22.7 Å². The predicted molar refractivity (Wildman–Crippen MR) is 73.4 cm³/mol. The first-order valence-corrected chi connectivity index (χ1v) is 7.25. The number of halogens is 3. The molecule has 1 atom stereocenters. The zero-order valence-electron chi connectivity index (χ0n) is 9.83. The molecule has 5 heteroatoms. The number of rotatable bonds is 2. The van der Waals surface area contributed by atoms with Crippen molar-refractivity contribution in [1.29, 1.82) is 0 Å². The maximum atomic E-state index is 13.7. The minimum Gasteiger partial charge on any atom is -0.338 e. The van der Waals surface area contributed by atoms with E-state index in [1.165, 1.54) is 6.07 Å². The first-order valence-electron chi connectivity index (χ1n) is 5.92. The smallest absolute Gasteiger partial charge is 0.257 e. The molecule has 0 aromatic heterocycles. The number of hydrogen-bond acceptors (Lipinski definition) is 1. The molecule has 0 bridgehead atoms. The number of likely N-dealkylation sites (tertiary alicyclic amines) is 1. The first-order chi connectivity index (χ1) is 8.63. The van der Waals surface area contributed by atoms with E-state index in [1.807, 2.05) is 0 Å². The van der Waals surface area contributed by atoms with Crippen LogP contribution in [0.3, 0.4) is 0 Å². The van der Waals surface area contributed by atoms with Crippen molar-refractivity contribution in [3.63, 3.8) is 0 Å². The van der Waals surface area contributed by atoms with E-state index < -0.39 is 5.82 Å². The number of alkyl halides is 1. The largest absolute Gasteiger partial charge is 0.338 e. The summed E-state index contributed by atoms with van der Waals surface area (Å²) in [5.74, 6) is 0.120. The molecule has 0 radical (unpaired) electrons. The zero-order valence-corrected chi connectivity index (χ0v) is 12.2. The van der Waals surface area contributed by atoms with E-state index in [1.54, 1.807) is 17.0 Å². The van der Waals surface area contributed by atoms with Crippen molar-refractivity contribution >= 4 is 33.4 Å². The van der Waals surface area contributed by atoms with E-state index in [0.717, 1.165) is 12.8 Å². The Kier molecular flexibility index (Phi) is 4.62. The van der Waals surface area contributed by atoms with Gasteiger partial charge in [0.2, 0.25) is 0 Å². The van der Waals surface area contributed by atoms with Crippen LogP contribution in [0.4, 0.5) is 4.39 Å². The van der Waals surface area contributed by atoms with Crippen LogP contribution in [0.25, 0.3) is 0 Å². The lowest BCUT2D eigenvalue weighted by atomic mass is 9.99. The number of piperidine rings is 1. The van der Waals surface area contributed by atoms with Gasteiger partial charge in [0.05, 0.1) is 5.56 Å². The molecule has 18 heavy (non-hydrogen) atoms. The number of amides is 1. The van der Waals surface area contributed by atoms with Crippen LogP contribution >= 0.6 is 27.5 Å². The van der Waals surface area contributed by atoms with Crippen LogP contribution in [-0.2, 0) is 0 Å².